The van der Waals surface area contributed by atoms with Gasteiger partial charge in [-0.2, -0.15) is 4.98 Å². The van der Waals surface area contributed by atoms with Crippen LogP contribution in [0.4, 0.5) is 17.5 Å². The van der Waals surface area contributed by atoms with Crippen molar-refractivity contribution in [2.24, 2.45) is 0 Å². The molecule has 0 unspecified atom stereocenters. The number of nitrogens with two attached hydrogens (primary N) is 2. The van der Waals surface area contributed by atoms with Crippen LogP contribution in [0.2, 0.25) is 5.02 Å². The average molecular weight is 400 g/mol. The van der Waals surface area contributed by atoms with Gasteiger partial charge in [-0.15, -0.1) is 0 Å². The molecule has 0 saturated heterocycles. The molecule has 146 valence electrons. The fourth-order valence-electron chi connectivity index (χ4n) is 2.72. The second kappa shape index (κ2) is 8.75. The highest BCUT2D eigenvalue weighted by atomic mass is 35.5. The van der Waals surface area contributed by atoms with Crippen LogP contribution in [0, 0.1) is 0 Å². The zero-order chi connectivity index (χ0) is 20.1. The van der Waals surface area contributed by atoms with Gasteiger partial charge in [0.05, 0.1) is 28.1 Å². The Morgan fingerprint density at radius 1 is 1.14 bits per heavy atom. The van der Waals surface area contributed by atoms with Crippen LogP contribution >= 0.6 is 11.6 Å². The maximum Gasteiger partial charge on any atom is 0.338 e. The number of ether oxygens (including phenoxy) is 1. The lowest BCUT2D eigenvalue weighted by Gasteiger charge is -2.12. The number of carbonyl (C=O) groups excluding carboxylic acids is 1. The summed E-state index contributed by atoms with van der Waals surface area (Å²) in [6.45, 7) is 2.96. The van der Waals surface area contributed by atoms with Crippen molar-refractivity contribution in [1.82, 2.24) is 9.97 Å². The van der Waals surface area contributed by atoms with Gasteiger partial charge in [-0.1, -0.05) is 31.0 Å². The van der Waals surface area contributed by atoms with Crippen LogP contribution in [-0.2, 0) is 11.3 Å². The molecule has 0 fully saturated rings. The first kappa shape index (κ1) is 19.7. The quantitative estimate of drug-likeness (QED) is 0.405. The Kier molecular flexibility index (Phi) is 6.16. The van der Waals surface area contributed by atoms with Crippen molar-refractivity contribution >= 4 is 45.9 Å². The second-order valence-electron chi connectivity index (χ2n) is 6.32. The van der Waals surface area contributed by atoms with E-state index < -0.39 is 0 Å². The highest BCUT2D eigenvalue weighted by Gasteiger charge is 2.12. The third-order valence-corrected chi connectivity index (χ3v) is 4.69. The van der Waals surface area contributed by atoms with Crippen LogP contribution in [0.5, 0.6) is 0 Å². The Hall–Kier alpha value is -3.06. The first-order valence-corrected chi connectivity index (χ1v) is 9.38. The summed E-state index contributed by atoms with van der Waals surface area (Å²) >= 11 is 6.49. The van der Waals surface area contributed by atoms with Crippen LogP contribution in [0.1, 0.15) is 35.7 Å². The van der Waals surface area contributed by atoms with Crippen molar-refractivity contribution in [1.29, 1.82) is 0 Å². The van der Waals surface area contributed by atoms with Crippen molar-refractivity contribution in [2.75, 3.05) is 23.4 Å². The number of halogens is 1. The number of esters is 1. The topological polar surface area (TPSA) is 116 Å². The largest absolute Gasteiger partial charge is 0.462 e. The van der Waals surface area contributed by atoms with Crippen molar-refractivity contribution < 1.29 is 9.53 Å². The highest BCUT2D eigenvalue weighted by molar-refractivity contribution is 6.37. The maximum absolute atomic E-state index is 11.9. The van der Waals surface area contributed by atoms with Gasteiger partial charge in [0.2, 0.25) is 5.95 Å². The van der Waals surface area contributed by atoms with Crippen LogP contribution in [0.3, 0.4) is 0 Å². The third-order valence-electron chi connectivity index (χ3n) is 4.26. The van der Waals surface area contributed by atoms with E-state index in [2.05, 4.69) is 15.3 Å². The zero-order valence-electron chi connectivity index (χ0n) is 15.5. The van der Waals surface area contributed by atoms with E-state index in [0.29, 0.717) is 34.6 Å². The molecule has 2 aromatic carbocycles. The van der Waals surface area contributed by atoms with E-state index in [0.717, 1.165) is 24.1 Å². The smallest absolute Gasteiger partial charge is 0.338 e. The summed E-state index contributed by atoms with van der Waals surface area (Å²) in [6.07, 6.45) is 1.85. The molecular formula is C20H22ClN5O2. The van der Waals surface area contributed by atoms with Crippen LogP contribution in [0.25, 0.3) is 10.9 Å². The van der Waals surface area contributed by atoms with Crippen molar-refractivity contribution in [3.8, 4) is 0 Å². The van der Waals surface area contributed by atoms with Crippen molar-refractivity contribution in [3.05, 3.63) is 52.5 Å². The summed E-state index contributed by atoms with van der Waals surface area (Å²) in [5, 5.41) is 4.34. The molecule has 28 heavy (non-hydrogen) atoms. The summed E-state index contributed by atoms with van der Waals surface area (Å²) in [7, 11) is 0. The lowest BCUT2D eigenvalue weighted by Crippen LogP contribution is -2.07. The number of nitrogens with zero attached hydrogens (tertiary/aromatic N) is 2. The maximum atomic E-state index is 11.9. The molecule has 0 radical (unpaired) electrons. The fraction of sp³-hybridized carbons (Fsp3) is 0.250. The number of rotatable bonds is 7. The number of aromatic nitrogens is 2. The molecule has 0 aliphatic heterocycles. The molecule has 0 aliphatic rings. The lowest BCUT2D eigenvalue weighted by atomic mass is 10.1. The molecule has 0 saturated carbocycles. The van der Waals surface area contributed by atoms with Crippen LogP contribution in [-0.4, -0.2) is 22.5 Å². The molecule has 0 aliphatic carbocycles. The van der Waals surface area contributed by atoms with Gasteiger partial charge in [-0.05, 0) is 42.3 Å². The van der Waals surface area contributed by atoms with Gasteiger partial charge in [0, 0.05) is 12.2 Å². The standard InChI is InChI=1S/C20H22ClN5O2/c1-2-3-10-28-19(27)12-4-7-14(8-5-12)24-11-13-6-9-15-16(17(13)21)18(22)26-20(23)25-15/h4-9,24H,2-3,10-11H2,1H3,(H4,22,23,25,26). The highest BCUT2D eigenvalue weighted by Crippen LogP contribution is 2.30. The summed E-state index contributed by atoms with van der Waals surface area (Å²) in [5.41, 5.74) is 14.4. The normalized spacial score (nSPS) is 10.8. The molecule has 7 nitrogen and oxygen atoms in total. The summed E-state index contributed by atoms with van der Waals surface area (Å²) in [4.78, 5) is 20.1. The molecule has 3 aromatic rings. The first-order chi connectivity index (χ1) is 13.5. The Labute approximate surface area is 168 Å². The predicted molar refractivity (Wildman–Crippen MR) is 112 cm³/mol. The minimum Gasteiger partial charge on any atom is -0.462 e. The van der Waals surface area contributed by atoms with Gasteiger partial charge >= 0.3 is 5.97 Å². The van der Waals surface area contributed by atoms with E-state index in [-0.39, 0.29) is 17.7 Å². The minimum absolute atomic E-state index is 0.111. The van der Waals surface area contributed by atoms with Gasteiger partial charge in [-0.3, -0.25) is 0 Å². The van der Waals surface area contributed by atoms with E-state index >= 15 is 0 Å². The van der Waals surface area contributed by atoms with E-state index in [1.54, 1.807) is 12.1 Å². The van der Waals surface area contributed by atoms with E-state index in [1.165, 1.54) is 0 Å². The molecular weight excluding hydrogens is 378 g/mol. The fourth-order valence-corrected chi connectivity index (χ4v) is 3.05. The Balaban J connectivity index is 1.69. The number of hydrogen-bond donors (Lipinski definition) is 3. The van der Waals surface area contributed by atoms with Gasteiger partial charge < -0.3 is 21.5 Å². The zero-order valence-corrected chi connectivity index (χ0v) is 16.3. The molecule has 0 spiro atoms. The number of benzene rings is 2. The van der Waals surface area contributed by atoms with E-state index in [4.69, 9.17) is 27.8 Å². The number of nitrogen functional groups attached to an aromatic ring is 2. The Morgan fingerprint density at radius 2 is 1.89 bits per heavy atom. The Bertz CT molecular complexity index is 992. The van der Waals surface area contributed by atoms with Gasteiger partial charge in [0.25, 0.3) is 0 Å². The van der Waals surface area contributed by atoms with Crippen LogP contribution in [0.15, 0.2) is 36.4 Å². The monoisotopic (exact) mass is 399 g/mol. The van der Waals surface area contributed by atoms with E-state index in [9.17, 15) is 4.79 Å². The SMILES string of the molecule is CCCCOC(=O)c1ccc(NCc2ccc3nc(N)nc(N)c3c2Cl)cc1. The number of anilines is 3. The van der Waals surface area contributed by atoms with Gasteiger partial charge in [-0.25, -0.2) is 9.78 Å². The number of hydrogen-bond acceptors (Lipinski definition) is 7. The second-order valence-corrected chi connectivity index (χ2v) is 6.70. The lowest BCUT2D eigenvalue weighted by molar-refractivity contribution is 0.0500. The molecule has 0 amide bonds. The van der Waals surface area contributed by atoms with Crippen molar-refractivity contribution in [3.63, 3.8) is 0 Å². The Morgan fingerprint density at radius 3 is 2.61 bits per heavy atom. The molecule has 0 bridgehead atoms. The average Bonchev–Trinajstić information content (AvgIpc) is 2.67. The number of unbranched alkanes of at least 4 members (excludes halogenated alkanes) is 1. The predicted octanol–water partition coefficient (Wildman–Crippen LogP) is 4.02. The minimum atomic E-state index is -0.313. The van der Waals surface area contributed by atoms with Crippen LogP contribution < -0.4 is 16.8 Å². The van der Waals surface area contributed by atoms with Gasteiger partial charge in [0.1, 0.15) is 5.82 Å². The molecule has 5 N–H and O–H groups in total. The molecule has 3 rings (SSSR count). The van der Waals surface area contributed by atoms with E-state index in [1.807, 2.05) is 31.2 Å². The number of fused-ring (bicyclic) bond motifs is 1. The molecule has 8 heteroatoms. The third kappa shape index (κ3) is 4.43. The first-order valence-electron chi connectivity index (χ1n) is 9.00. The summed E-state index contributed by atoms with van der Waals surface area (Å²) in [6, 6.07) is 10.8. The summed E-state index contributed by atoms with van der Waals surface area (Å²) < 4.78 is 5.20. The molecule has 1 heterocycles. The molecule has 1 aromatic heterocycles. The van der Waals surface area contributed by atoms with Crippen molar-refractivity contribution in [2.45, 2.75) is 26.3 Å². The van der Waals surface area contributed by atoms with Gasteiger partial charge in [0.15, 0.2) is 0 Å². The summed E-state index contributed by atoms with van der Waals surface area (Å²) in [5.74, 6) is 0.0489. The molecule has 0 atom stereocenters. The number of nitrogens with one attached hydrogen (secondary N) is 1. The number of carbonyl (C=O) groups is 1.